The Kier molecular flexibility index (Phi) is 6.63. The van der Waals surface area contributed by atoms with Crippen molar-refractivity contribution in [3.05, 3.63) is 47.5 Å². The van der Waals surface area contributed by atoms with Crippen molar-refractivity contribution in [3.8, 4) is 0 Å². The summed E-state index contributed by atoms with van der Waals surface area (Å²) in [6, 6.07) is 8.10. The molecule has 0 N–H and O–H groups in total. The Morgan fingerprint density at radius 2 is 2.15 bits per heavy atom. The topological polar surface area (TPSA) is 54.3 Å². The lowest BCUT2D eigenvalue weighted by Crippen LogP contribution is -2.42. The number of nitrogens with zero attached hydrogens (tertiary/aromatic N) is 5. The summed E-state index contributed by atoms with van der Waals surface area (Å²) in [7, 11) is 1.88. The molecule has 0 radical (unpaired) electrons. The van der Waals surface area contributed by atoms with E-state index in [1.54, 1.807) is 11.0 Å². The van der Waals surface area contributed by atoms with Crippen LogP contribution in [0.2, 0.25) is 5.02 Å². The molecule has 3 rings (SSSR count). The van der Waals surface area contributed by atoms with Crippen LogP contribution in [0.25, 0.3) is 0 Å². The zero-order valence-corrected chi connectivity index (χ0v) is 16.0. The van der Waals surface area contributed by atoms with E-state index in [9.17, 15) is 4.79 Å². The number of carbonyl (C=O) groups is 1. The number of aromatic nitrogens is 3. The fourth-order valence-corrected chi connectivity index (χ4v) is 3.63. The second kappa shape index (κ2) is 9.14. The van der Waals surface area contributed by atoms with Crippen molar-refractivity contribution in [1.82, 2.24) is 24.6 Å². The Morgan fingerprint density at radius 1 is 1.35 bits per heavy atom. The highest BCUT2D eigenvalue weighted by atomic mass is 35.5. The van der Waals surface area contributed by atoms with Crippen LogP contribution in [0.1, 0.15) is 18.4 Å². The number of piperidine rings is 1. The molecule has 6 nitrogen and oxygen atoms in total. The van der Waals surface area contributed by atoms with Gasteiger partial charge >= 0.3 is 0 Å². The van der Waals surface area contributed by atoms with Crippen LogP contribution in [-0.2, 0) is 17.8 Å². The lowest BCUT2D eigenvalue weighted by Gasteiger charge is -2.34. The van der Waals surface area contributed by atoms with Gasteiger partial charge in [0.25, 0.3) is 0 Å². The van der Waals surface area contributed by atoms with Gasteiger partial charge in [0, 0.05) is 31.7 Å². The van der Waals surface area contributed by atoms with E-state index in [4.69, 9.17) is 11.6 Å². The van der Waals surface area contributed by atoms with Crippen LogP contribution in [0.3, 0.4) is 0 Å². The van der Waals surface area contributed by atoms with E-state index < -0.39 is 0 Å². The first kappa shape index (κ1) is 18.9. The van der Waals surface area contributed by atoms with E-state index in [1.165, 1.54) is 24.7 Å². The zero-order valence-electron chi connectivity index (χ0n) is 15.2. The van der Waals surface area contributed by atoms with Gasteiger partial charge in [-0.15, -0.1) is 0 Å². The van der Waals surface area contributed by atoms with Crippen molar-refractivity contribution in [3.63, 3.8) is 0 Å². The Labute approximate surface area is 159 Å². The van der Waals surface area contributed by atoms with Gasteiger partial charge in [0.2, 0.25) is 5.91 Å². The van der Waals surface area contributed by atoms with Crippen LogP contribution in [0.5, 0.6) is 0 Å². The second-order valence-corrected chi connectivity index (χ2v) is 7.49. The molecule has 2 heterocycles. The molecule has 1 amide bonds. The van der Waals surface area contributed by atoms with Gasteiger partial charge in [0.05, 0.1) is 0 Å². The number of amides is 1. The number of hydrogen-bond donors (Lipinski definition) is 0. The van der Waals surface area contributed by atoms with Crippen LogP contribution < -0.4 is 0 Å². The molecule has 1 fully saturated rings. The molecular weight excluding hydrogens is 350 g/mol. The average Bonchev–Trinajstić information content (AvgIpc) is 3.14. The van der Waals surface area contributed by atoms with Gasteiger partial charge in [0.1, 0.15) is 19.2 Å². The van der Waals surface area contributed by atoms with Gasteiger partial charge in [-0.05, 0) is 49.4 Å². The molecule has 0 aliphatic carbocycles. The molecule has 26 heavy (non-hydrogen) atoms. The van der Waals surface area contributed by atoms with Crippen molar-refractivity contribution in [2.75, 3.05) is 33.2 Å². The highest BCUT2D eigenvalue weighted by molar-refractivity contribution is 6.30. The first-order valence-electron chi connectivity index (χ1n) is 9.13. The standard InChI is InChI=1S/C19H26ClN5O/c1-23(19(26)13-25-15-21-14-22-25)11-17-3-2-9-24(12-17)10-8-16-4-6-18(20)7-5-16/h4-7,14-15,17H,2-3,8-13H2,1H3/t17-/m0/s1. The summed E-state index contributed by atoms with van der Waals surface area (Å²) in [5.41, 5.74) is 1.32. The molecule has 0 saturated carbocycles. The largest absolute Gasteiger partial charge is 0.344 e. The third-order valence-corrected chi connectivity index (χ3v) is 5.21. The van der Waals surface area contributed by atoms with Crippen molar-refractivity contribution in [2.45, 2.75) is 25.8 Å². The van der Waals surface area contributed by atoms with Gasteiger partial charge in [-0.1, -0.05) is 23.7 Å². The van der Waals surface area contributed by atoms with Gasteiger partial charge < -0.3 is 9.80 Å². The maximum atomic E-state index is 12.3. The minimum Gasteiger partial charge on any atom is -0.344 e. The van der Waals surface area contributed by atoms with Gasteiger partial charge in [-0.2, -0.15) is 5.10 Å². The number of benzene rings is 1. The molecule has 1 atom stereocenters. The number of halogens is 1. The minimum atomic E-state index is 0.0776. The lowest BCUT2D eigenvalue weighted by molar-refractivity contribution is -0.131. The van der Waals surface area contributed by atoms with Crippen molar-refractivity contribution >= 4 is 17.5 Å². The first-order valence-corrected chi connectivity index (χ1v) is 9.51. The molecular formula is C19H26ClN5O. The molecule has 0 unspecified atom stereocenters. The van der Waals surface area contributed by atoms with E-state index in [0.717, 1.165) is 37.6 Å². The lowest BCUT2D eigenvalue weighted by atomic mass is 9.97. The van der Waals surface area contributed by atoms with Gasteiger partial charge in [-0.25, -0.2) is 9.67 Å². The maximum Gasteiger partial charge on any atom is 0.244 e. The molecule has 1 aliphatic heterocycles. The zero-order chi connectivity index (χ0) is 18.4. The third kappa shape index (κ3) is 5.54. The maximum absolute atomic E-state index is 12.3. The molecule has 140 valence electrons. The Balaban J connectivity index is 1.43. The van der Waals surface area contributed by atoms with Crippen molar-refractivity contribution < 1.29 is 4.79 Å². The summed E-state index contributed by atoms with van der Waals surface area (Å²) in [5, 5.41) is 4.78. The number of carbonyl (C=O) groups excluding carboxylic acids is 1. The third-order valence-electron chi connectivity index (χ3n) is 4.95. The predicted octanol–water partition coefficient (Wildman–Crippen LogP) is 2.34. The van der Waals surface area contributed by atoms with Crippen molar-refractivity contribution in [1.29, 1.82) is 0 Å². The predicted molar refractivity (Wildman–Crippen MR) is 102 cm³/mol. The first-order chi connectivity index (χ1) is 12.6. The molecule has 1 saturated heterocycles. The van der Waals surface area contributed by atoms with E-state index >= 15 is 0 Å². The fraction of sp³-hybridized carbons (Fsp3) is 0.526. The molecule has 2 aromatic rings. The SMILES string of the molecule is CN(C[C@@H]1CCCN(CCc2ccc(Cl)cc2)C1)C(=O)Cn1cncn1. The fourth-order valence-electron chi connectivity index (χ4n) is 3.50. The average molecular weight is 376 g/mol. The van der Waals surface area contributed by atoms with Crippen LogP contribution in [-0.4, -0.2) is 63.7 Å². The highest BCUT2D eigenvalue weighted by Crippen LogP contribution is 2.18. The molecule has 1 aromatic carbocycles. The van der Waals surface area contributed by atoms with E-state index in [2.05, 4.69) is 27.1 Å². The normalized spacial score (nSPS) is 18.0. The summed E-state index contributed by atoms with van der Waals surface area (Å²) in [6.45, 7) is 4.29. The summed E-state index contributed by atoms with van der Waals surface area (Å²) >= 11 is 5.95. The summed E-state index contributed by atoms with van der Waals surface area (Å²) in [5.74, 6) is 0.604. The summed E-state index contributed by atoms with van der Waals surface area (Å²) < 4.78 is 1.57. The molecule has 7 heteroatoms. The Bertz CT molecular complexity index is 688. The molecule has 0 spiro atoms. The van der Waals surface area contributed by atoms with E-state index in [-0.39, 0.29) is 12.5 Å². The summed E-state index contributed by atoms with van der Waals surface area (Å²) in [6.07, 6.45) is 6.43. The smallest absolute Gasteiger partial charge is 0.244 e. The Hall–Kier alpha value is -1.92. The summed E-state index contributed by atoms with van der Waals surface area (Å²) in [4.78, 5) is 20.5. The van der Waals surface area contributed by atoms with Crippen LogP contribution in [0.4, 0.5) is 0 Å². The second-order valence-electron chi connectivity index (χ2n) is 7.05. The van der Waals surface area contributed by atoms with Gasteiger partial charge in [0.15, 0.2) is 0 Å². The van der Waals surface area contributed by atoms with E-state index in [0.29, 0.717) is 5.92 Å². The van der Waals surface area contributed by atoms with Crippen LogP contribution >= 0.6 is 11.6 Å². The van der Waals surface area contributed by atoms with Crippen LogP contribution in [0, 0.1) is 5.92 Å². The molecule has 0 bridgehead atoms. The Morgan fingerprint density at radius 3 is 2.88 bits per heavy atom. The minimum absolute atomic E-state index is 0.0776. The highest BCUT2D eigenvalue weighted by Gasteiger charge is 2.22. The molecule has 1 aromatic heterocycles. The monoisotopic (exact) mass is 375 g/mol. The van der Waals surface area contributed by atoms with Crippen molar-refractivity contribution in [2.24, 2.45) is 5.92 Å². The quantitative estimate of drug-likeness (QED) is 0.745. The van der Waals surface area contributed by atoms with E-state index in [1.807, 2.05) is 24.1 Å². The molecule has 1 aliphatic rings. The number of likely N-dealkylation sites (tertiary alicyclic amines) is 1. The number of likely N-dealkylation sites (N-methyl/N-ethyl adjacent to an activating group) is 1. The van der Waals surface area contributed by atoms with Crippen LogP contribution in [0.15, 0.2) is 36.9 Å². The number of rotatable bonds is 7. The van der Waals surface area contributed by atoms with Gasteiger partial charge in [-0.3, -0.25) is 4.79 Å². The number of hydrogen-bond acceptors (Lipinski definition) is 4.